The van der Waals surface area contributed by atoms with Crippen molar-refractivity contribution in [3.63, 3.8) is 0 Å². The summed E-state index contributed by atoms with van der Waals surface area (Å²) in [4.78, 5) is 24.0. The van der Waals surface area contributed by atoms with Gasteiger partial charge in [0.05, 0.1) is 22.8 Å². The van der Waals surface area contributed by atoms with Crippen molar-refractivity contribution in [1.82, 2.24) is 9.13 Å². The summed E-state index contributed by atoms with van der Waals surface area (Å²) in [6.45, 7) is 7.14. The molecule has 0 radical (unpaired) electrons. The molecular formula is C12H19IN2O3. The zero-order valence-electron chi connectivity index (χ0n) is 11.0. The highest BCUT2D eigenvalue weighted by Crippen LogP contribution is 1.96. The molecule has 6 heteroatoms. The van der Waals surface area contributed by atoms with Gasteiger partial charge in [0.1, 0.15) is 0 Å². The van der Waals surface area contributed by atoms with Crippen LogP contribution in [-0.4, -0.2) is 21.8 Å². The maximum Gasteiger partial charge on any atom is 0.331 e. The predicted octanol–water partition coefficient (Wildman–Crippen LogP) is 1.45. The molecule has 0 unspecified atom stereocenters. The van der Waals surface area contributed by atoms with Gasteiger partial charge < -0.3 is 4.74 Å². The first kappa shape index (κ1) is 15.4. The number of halogens is 1. The Morgan fingerprint density at radius 2 is 2.00 bits per heavy atom. The summed E-state index contributed by atoms with van der Waals surface area (Å²) < 4.78 is 8.78. The highest BCUT2D eigenvalue weighted by atomic mass is 127. The van der Waals surface area contributed by atoms with E-state index < -0.39 is 0 Å². The molecule has 0 aromatic carbocycles. The minimum absolute atomic E-state index is 0.0985. The van der Waals surface area contributed by atoms with Gasteiger partial charge in [0, 0.05) is 12.7 Å². The fourth-order valence-electron chi connectivity index (χ4n) is 1.60. The number of hydrogen-bond acceptors (Lipinski definition) is 3. The van der Waals surface area contributed by atoms with Crippen LogP contribution in [-0.2, 0) is 17.8 Å². The normalized spacial score (nSPS) is 11.2. The first-order chi connectivity index (χ1) is 8.47. The van der Waals surface area contributed by atoms with Crippen LogP contribution in [0.2, 0.25) is 0 Å². The van der Waals surface area contributed by atoms with E-state index in [1.807, 2.05) is 43.4 Å². The van der Waals surface area contributed by atoms with Gasteiger partial charge in [-0.1, -0.05) is 6.92 Å². The Morgan fingerprint density at radius 1 is 1.33 bits per heavy atom. The number of ether oxygens (including phenoxy) is 1. The largest absolute Gasteiger partial charge is 0.377 e. The lowest BCUT2D eigenvalue weighted by molar-refractivity contribution is 0.0713. The van der Waals surface area contributed by atoms with Gasteiger partial charge in [-0.05, 0) is 42.9 Å². The van der Waals surface area contributed by atoms with Crippen LogP contribution in [0.5, 0.6) is 0 Å². The van der Waals surface area contributed by atoms with Crippen molar-refractivity contribution in [1.29, 1.82) is 0 Å². The van der Waals surface area contributed by atoms with E-state index in [9.17, 15) is 9.59 Å². The molecule has 102 valence electrons. The van der Waals surface area contributed by atoms with Gasteiger partial charge >= 0.3 is 5.69 Å². The summed E-state index contributed by atoms with van der Waals surface area (Å²) in [5, 5.41) is 0. The lowest BCUT2D eigenvalue weighted by atomic mass is 10.4. The van der Waals surface area contributed by atoms with E-state index in [2.05, 4.69) is 0 Å². The monoisotopic (exact) mass is 366 g/mol. The van der Waals surface area contributed by atoms with E-state index in [1.54, 1.807) is 10.8 Å². The Labute approximate surface area is 120 Å². The number of nitrogens with zero attached hydrogens (tertiary/aromatic N) is 2. The average Bonchev–Trinajstić information content (AvgIpc) is 2.30. The molecule has 1 heterocycles. The van der Waals surface area contributed by atoms with Gasteiger partial charge in [0.2, 0.25) is 0 Å². The molecule has 0 saturated carbocycles. The third-order valence-electron chi connectivity index (χ3n) is 2.43. The molecular weight excluding hydrogens is 347 g/mol. The number of aromatic nitrogens is 2. The second-order valence-electron chi connectivity index (χ2n) is 4.33. The van der Waals surface area contributed by atoms with Gasteiger partial charge in [0.25, 0.3) is 5.56 Å². The molecule has 0 fully saturated rings. The first-order valence-corrected chi connectivity index (χ1v) is 7.16. The molecule has 5 nitrogen and oxygen atoms in total. The van der Waals surface area contributed by atoms with E-state index in [0.29, 0.717) is 23.3 Å². The summed E-state index contributed by atoms with van der Waals surface area (Å²) in [6.07, 6.45) is 2.58. The van der Waals surface area contributed by atoms with Gasteiger partial charge in [-0.3, -0.25) is 13.9 Å². The lowest BCUT2D eigenvalue weighted by Crippen LogP contribution is -2.41. The molecule has 0 aliphatic carbocycles. The van der Waals surface area contributed by atoms with Crippen LogP contribution in [0.25, 0.3) is 0 Å². The van der Waals surface area contributed by atoms with E-state index >= 15 is 0 Å². The standard InChI is InChI=1S/C12H19IN2O3/c1-4-5-14-8-10(13)11(16)15(12(14)17)6-7-18-9(2)3/h8-9H,4-7H2,1-3H3. The number of rotatable bonds is 6. The van der Waals surface area contributed by atoms with E-state index in [4.69, 9.17) is 4.74 Å². The second kappa shape index (κ2) is 7.08. The molecule has 0 spiro atoms. The molecule has 0 saturated heterocycles. The Kier molecular flexibility index (Phi) is 6.07. The van der Waals surface area contributed by atoms with Crippen LogP contribution in [0.3, 0.4) is 0 Å². The molecule has 0 aliphatic rings. The van der Waals surface area contributed by atoms with Crippen LogP contribution >= 0.6 is 22.6 Å². The Morgan fingerprint density at radius 3 is 2.56 bits per heavy atom. The van der Waals surface area contributed by atoms with Crippen LogP contribution < -0.4 is 11.2 Å². The SMILES string of the molecule is CCCn1cc(I)c(=O)n(CCOC(C)C)c1=O. The molecule has 0 amide bonds. The third-order valence-corrected chi connectivity index (χ3v) is 3.17. The molecule has 1 aromatic heterocycles. The number of hydrogen-bond donors (Lipinski definition) is 0. The van der Waals surface area contributed by atoms with Gasteiger partial charge in [-0.15, -0.1) is 0 Å². The molecule has 0 bridgehead atoms. The van der Waals surface area contributed by atoms with Crippen molar-refractivity contribution in [3.8, 4) is 0 Å². The second-order valence-corrected chi connectivity index (χ2v) is 5.49. The summed E-state index contributed by atoms with van der Waals surface area (Å²) in [7, 11) is 0. The Balaban J connectivity index is 3.02. The topological polar surface area (TPSA) is 53.2 Å². The lowest BCUT2D eigenvalue weighted by Gasteiger charge is -2.11. The van der Waals surface area contributed by atoms with Gasteiger partial charge in [0.15, 0.2) is 0 Å². The quantitative estimate of drug-likeness (QED) is 0.717. The average molecular weight is 366 g/mol. The summed E-state index contributed by atoms with van der Waals surface area (Å²) in [6, 6.07) is 0. The van der Waals surface area contributed by atoms with Crippen molar-refractivity contribution in [2.24, 2.45) is 0 Å². The molecule has 0 atom stereocenters. The van der Waals surface area contributed by atoms with E-state index in [1.165, 1.54) is 4.57 Å². The van der Waals surface area contributed by atoms with Crippen molar-refractivity contribution in [2.45, 2.75) is 46.4 Å². The van der Waals surface area contributed by atoms with E-state index in [0.717, 1.165) is 6.42 Å². The number of aryl methyl sites for hydroxylation is 1. The van der Waals surface area contributed by atoms with Crippen molar-refractivity contribution in [2.75, 3.05) is 6.61 Å². The highest BCUT2D eigenvalue weighted by molar-refractivity contribution is 14.1. The predicted molar refractivity (Wildman–Crippen MR) is 79.1 cm³/mol. The van der Waals surface area contributed by atoms with Crippen molar-refractivity contribution >= 4 is 22.6 Å². The molecule has 0 aliphatic heterocycles. The molecule has 1 rings (SSSR count). The zero-order chi connectivity index (χ0) is 13.7. The van der Waals surface area contributed by atoms with Crippen molar-refractivity contribution in [3.05, 3.63) is 30.6 Å². The first-order valence-electron chi connectivity index (χ1n) is 6.08. The summed E-state index contributed by atoms with van der Waals surface area (Å²) in [5.41, 5.74) is -0.491. The van der Waals surface area contributed by atoms with Crippen molar-refractivity contribution < 1.29 is 4.74 Å². The third kappa shape index (κ3) is 3.94. The molecule has 18 heavy (non-hydrogen) atoms. The van der Waals surface area contributed by atoms with Gasteiger partial charge in [-0.2, -0.15) is 0 Å². The van der Waals surface area contributed by atoms with Gasteiger partial charge in [-0.25, -0.2) is 4.79 Å². The maximum atomic E-state index is 12.1. The fraction of sp³-hybridized carbons (Fsp3) is 0.667. The summed E-state index contributed by atoms with van der Waals surface area (Å²) >= 11 is 1.96. The van der Waals surface area contributed by atoms with Crippen LogP contribution in [0.1, 0.15) is 27.2 Å². The Bertz CT molecular complexity index is 505. The minimum Gasteiger partial charge on any atom is -0.377 e. The molecule has 1 aromatic rings. The van der Waals surface area contributed by atoms with E-state index in [-0.39, 0.29) is 17.4 Å². The maximum absolute atomic E-state index is 12.1. The fourth-order valence-corrected chi connectivity index (χ4v) is 2.22. The zero-order valence-corrected chi connectivity index (χ0v) is 13.1. The highest BCUT2D eigenvalue weighted by Gasteiger charge is 2.09. The Hall–Kier alpha value is -0.630. The minimum atomic E-state index is -0.255. The van der Waals surface area contributed by atoms with Crippen LogP contribution in [0.4, 0.5) is 0 Å². The molecule has 0 N–H and O–H groups in total. The smallest absolute Gasteiger partial charge is 0.331 e. The summed E-state index contributed by atoms with van der Waals surface area (Å²) in [5.74, 6) is 0. The van der Waals surface area contributed by atoms with Crippen LogP contribution in [0.15, 0.2) is 15.8 Å². The van der Waals surface area contributed by atoms with Crippen LogP contribution in [0, 0.1) is 3.57 Å².